The van der Waals surface area contributed by atoms with E-state index in [0.717, 1.165) is 28.2 Å². The number of thiazole rings is 1. The van der Waals surface area contributed by atoms with Crippen LogP contribution >= 0.6 is 11.3 Å². The summed E-state index contributed by atoms with van der Waals surface area (Å²) in [5, 5.41) is 2.87. The summed E-state index contributed by atoms with van der Waals surface area (Å²) < 4.78 is 40.2. The van der Waals surface area contributed by atoms with Crippen molar-refractivity contribution in [2.45, 2.75) is 37.7 Å². The van der Waals surface area contributed by atoms with Gasteiger partial charge in [-0.15, -0.1) is 0 Å². The summed E-state index contributed by atoms with van der Waals surface area (Å²) >= 11 is 0.988. The molecule has 0 radical (unpaired) electrons. The summed E-state index contributed by atoms with van der Waals surface area (Å²) in [5.41, 5.74) is 3.70. The number of amides is 1. The highest BCUT2D eigenvalue weighted by molar-refractivity contribution is 7.91. The summed E-state index contributed by atoms with van der Waals surface area (Å²) in [4.78, 5) is 17.8. The molecule has 1 unspecified atom stereocenters. The third-order valence-electron chi connectivity index (χ3n) is 6.40. The highest BCUT2D eigenvalue weighted by Crippen LogP contribution is 2.31. The van der Waals surface area contributed by atoms with Crippen molar-refractivity contribution in [3.8, 4) is 5.75 Å². The first-order valence-electron chi connectivity index (χ1n) is 12.4. The number of methoxy groups -OCH3 is 1. The number of nitrogens with one attached hydrogen (secondary N) is 1. The van der Waals surface area contributed by atoms with E-state index >= 15 is 0 Å². The molecule has 1 saturated heterocycles. The first kappa shape index (κ1) is 28.2. The molecule has 1 amide bonds. The normalized spacial score (nSPS) is 15.8. The van der Waals surface area contributed by atoms with Crippen LogP contribution in [0.3, 0.4) is 0 Å². The Labute approximate surface area is 228 Å². The van der Waals surface area contributed by atoms with Crippen LogP contribution in [0.4, 0.5) is 5.13 Å². The van der Waals surface area contributed by atoms with E-state index in [9.17, 15) is 13.2 Å². The molecule has 0 bridgehead atoms. The number of nitrogens with zero attached hydrogens (tertiary/aromatic N) is 3. The number of piperazine rings is 1. The van der Waals surface area contributed by atoms with Gasteiger partial charge in [0.2, 0.25) is 5.91 Å². The summed E-state index contributed by atoms with van der Waals surface area (Å²) in [6.45, 7) is 8.03. The lowest BCUT2D eigenvalue weighted by atomic mass is 10.1. The molecule has 204 valence electrons. The van der Waals surface area contributed by atoms with Crippen LogP contribution in [0.2, 0.25) is 0 Å². The van der Waals surface area contributed by atoms with Crippen molar-refractivity contribution < 1.29 is 22.7 Å². The maximum absolute atomic E-state index is 13.3. The smallest absolute Gasteiger partial charge is 0.254 e. The average Bonchev–Trinajstić information content (AvgIpc) is 3.27. The van der Waals surface area contributed by atoms with Crippen molar-refractivity contribution in [1.29, 1.82) is 0 Å². The monoisotopic (exact) mass is 558 g/mol. The molecule has 2 heterocycles. The quantitative estimate of drug-likeness (QED) is 0.402. The van der Waals surface area contributed by atoms with Crippen molar-refractivity contribution in [2.75, 3.05) is 45.2 Å². The van der Waals surface area contributed by atoms with Gasteiger partial charge < -0.3 is 14.8 Å². The number of hydrogen-bond acceptors (Lipinski definition) is 8. The molecule has 1 N–H and O–H groups in total. The number of rotatable bonds is 10. The predicted molar refractivity (Wildman–Crippen MR) is 148 cm³/mol. The van der Waals surface area contributed by atoms with Gasteiger partial charge in [0.05, 0.1) is 25.5 Å². The topological polar surface area (TPSA) is 101 Å². The van der Waals surface area contributed by atoms with E-state index in [1.54, 1.807) is 14.0 Å². The molecule has 4 rings (SSSR count). The number of ether oxygens (including phenoxy) is 2. The maximum Gasteiger partial charge on any atom is 0.254 e. The molecule has 9 nitrogen and oxygen atoms in total. The second-order valence-electron chi connectivity index (χ2n) is 9.34. The zero-order valence-electron chi connectivity index (χ0n) is 22.1. The van der Waals surface area contributed by atoms with Crippen LogP contribution in [0.15, 0.2) is 52.7 Å². The molecule has 3 aromatic rings. The zero-order valence-corrected chi connectivity index (χ0v) is 23.8. The second kappa shape index (κ2) is 12.4. The highest BCUT2D eigenvalue weighted by Gasteiger charge is 2.33. The van der Waals surface area contributed by atoms with Crippen molar-refractivity contribution in [2.24, 2.45) is 0 Å². The van der Waals surface area contributed by atoms with Gasteiger partial charge in [-0.25, -0.2) is 13.4 Å². The number of carbonyl (C=O) groups is 1. The molecular formula is C27H34N4O5S2. The van der Waals surface area contributed by atoms with E-state index in [1.807, 2.05) is 24.3 Å². The van der Waals surface area contributed by atoms with Crippen molar-refractivity contribution in [3.05, 3.63) is 70.9 Å². The van der Waals surface area contributed by atoms with Crippen LogP contribution in [0.25, 0.3) is 0 Å². The Balaban J connectivity index is 1.43. The van der Waals surface area contributed by atoms with Crippen LogP contribution in [-0.2, 0) is 26.2 Å². The fourth-order valence-corrected chi connectivity index (χ4v) is 7.33. The minimum absolute atomic E-state index is 0.172. The lowest BCUT2D eigenvalue weighted by Gasteiger charge is -2.35. The van der Waals surface area contributed by atoms with E-state index in [0.29, 0.717) is 50.2 Å². The molecular weight excluding hydrogens is 524 g/mol. The summed E-state index contributed by atoms with van der Waals surface area (Å²) in [6.07, 6.45) is -0.210. The third-order valence-corrected chi connectivity index (χ3v) is 9.96. The lowest BCUT2D eigenvalue weighted by Crippen LogP contribution is -2.49. The van der Waals surface area contributed by atoms with E-state index in [1.165, 1.54) is 16.8 Å². The number of hydrogen-bond donors (Lipinski definition) is 1. The van der Waals surface area contributed by atoms with E-state index in [-0.39, 0.29) is 16.2 Å². The highest BCUT2D eigenvalue weighted by atomic mass is 32.2. The predicted octanol–water partition coefficient (Wildman–Crippen LogP) is 3.99. The molecule has 1 aromatic heterocycles. The van der Waals surface area contributed by atoms with Gasteiger partial charge in [0.15, 0.2) is 9.34 Å². The van der Waals surface area contributed by atoms with Gasteiger partial charge in [-0.3, -0.25) is 9.69 Å². The van der Waals surface area contributed by atoms with Crippen LogP contribution in [0.1, 0.15) is 35.4 Å². The molecule has 38 heavy (non-hydrogen) atoms. The van der Waals surface area contributed by atoms with Gasteiger partial charge in [0, 0.05) is 39.6 Å². The molecule has 11 heteroatoms. The first-order chi connectivity index (χ1) is 18.2. The van der Waals surface area contributed by atoms with Crippen molar-refractivity contribution in [1.82, 2.24) is 14.2 Å². The molecule has 1 aliphatic rings. The van der Waals surface area contributed by atoms with Crippen molar-refractivity contribution >= 4 is 32.4 Å². The molecule has 1 atom stereocenters. The largest absolute Gasteiger partial charge is 0.497 e. The Morgan fingerprint density at radius 2 is 1.82 bits per heavy atom. The molecule has 0 spiro atoms. The Bertz CT molecular complexity index is 1350. The number of anilines is 1. The van der Waals surface area contributed by atoms with E-state index < -0.39 is 10.0 Å². The number of carbonyl (C=O) groups excluding carboxylic acids is 1. The van der Waals surface area contributed by atoms with Gasteiger partial charge >= 0.3 is 0 Å². The summed E-state index contributed by atoms with van der Waals surface area (Å²) in [6, 6.07) is 16.2. The van der Waals surface area contributed by atoms with Gasteiger partial charge in [0.25, 0.3) is 10.0 Å². The Morgan fingerprint density at radius 3 is 2.47 bits per heavy atom. The number of benzene rings is 2. The Morgan fingerprint density at radius 1 is 1.11 bits per heavy atom. The minimum atomic E-state index is -3.71. The molecule has 1 fully saturated rings. The number of sulfonamides is 1. The van der Waals surface area contributed by atoms with Gasteiger partial charge in [-0.2, -0.15) is 4.31 Å². The Kier molecular flexibility index (Phi) is 9.16. The van der Waals surface area contributed by atoms with Gasteiger partial charge in [-0.1, -0.05) is 53.3 Å². The average molecular weight is 559 g/mol. The third kappa shape index (κ3) is 6.97. The molecule has 0 saturated carbocycles. The second-order valence-corrected chi connectivity index (χ2v) is 12.5. The van der Waals surface area contributed by atoms with E-state index in [4.69, 9.17) is 9.47 Å². The fraction of sp³-hybridized carbons (Fsp3) is 0.407. The number of aryl methyl sites for hydroxylation is 2. The maximum atomic E-state index is 13.3. The van der Waals surface area contributed by atoms with Gasteiger partial charge in [0.1, 0.15) is 5.75 Å². The van der Waals surface area contributed by atoms with Crippen molar-refractivity contribution in [3.63, 3.8) is 0 Å². The number of aromatic nitrogens is 1. The molecule has 1 aliphatic heterocycles. The van der Waals surface area contributed by atoms with Crippen LogP contribution in [0, 0.1) is 13.8 Å². The lowest BCUT2D eigenvalue weighted by molar-refractivity contribution is -0.114. The van der Waals surface area contributed by atoms with Crippen LogP contribution in [-0.4, -0.2) is 68.3 Å². The summed E-state index contributed by atoms with van der Waals surface area (Å²) in [5.74, 6) is 0.479. The van der Waals surface area contributed by atoms with Crippen LogP contribution in [0.5, 0.6) is 5.75 Å². The van der Waals surface area contributed by atoms with Crippen LogP contribution < -0.4 is 10.1 Å². The van der Waals surface area contributed by atoms with E-state index in [2.05, 4.69) is 46.4 Å². The molecule has 0 aliphatic carbocycles. The first-order valence-corrected chi connectivity index (χ1v) is 14.7. The SMILES string of the molecule is COc1cccc(C(CN2CCN(S(=O)(=O)c3sc(NC(C)=O)nc3C)CC2)OCc2ccc(C)cc2)c1. The summed E-state index contributed by atoms with van der Waals surface area (Å²) in [7, 11) is -2.06. The Hall–Kier alpha value is -2.83. The minimum Gasteiger partial charge on any atom is -0.497 e. The van der Waals surface area contributed by atoms with Gasteiger partial charge in [-0.05, 0) is 37.1 Å². The standard InChI is InChI=1S/C27H34N4O5S2/c1-19-8-10-22(11-9-19)18-36-25(23-6-5-7-24(16-23)35-4)17-30-12-14-31(15-13-30)38(33,34)26-20(2)28-27(37-26)29-21(3)32/h5-11,16,25H,12-15,17-18H2,1-4H3,(H,28,29,32). The fourth-order valence-electron chi connectivity index (χ4n) is 4.31. The molecule has 2 aromatic carbocycles. The zero-order chi connectivity index (χ0) is 27.3.